The van der Waals surface area contributed by atoms with E-state index in [-0.39, 0.29) is 0 Å². The van der Waals surface area contributed by atoms with Crippen LogP contribution in [0.2, 0.25) is 0 Å². The van der Waals surface area contributed by atoms with E-state index in [1.54, 1.807) is 0 Å². The molecule has 0 aliphatic carbocycles. The summed E-state index contributed by atoms with van der Waals surface area (Å²) >= 11 is 0. The van der Waals surface area contributed by atoms with Gasteiger partial charge in [-0.25, -0.2) is 0 Å². The highest BCUT2D eigenvalue weighted by atomic mass is 16.4. The molecule has 3 N–H and O–H groups in total. The van der Waals surface area contributed by atoms with Crippen LogP contribution < -0.4 is 5.32 Å². The molecule has 4 nitrogen and oxygen atoms in total. The molecule has 0 bridgehead atoms. The van der Waals surface area contributed by atoms with Crippen LogP contribution in [-0.4, -0.2) is 36.4 Å². The smallest absolute Gasteiger partial charge is 0.303 e. The molecule has 0 aromatic carbocycles. The third-order valence-corrected chi connectivity index (χ3v) is 2.83. The van der Waals surface area contributed by atoms with E-state index in [2.05, 4.69) is 12.2 Å². The lowest BCUT2D eigenvalue weighted by Gasteiger charge is -1.96. The van der Waals surface area contributed by atoms with E-state index in [1.165, 1.54) is 32.1 Å². The number of carboxylic acids is 1. The summed E-state index contributed by atoms with van der Waals surface area (Å²) in [5.41, 5.74) is 0. The van der Waals surface area contributed by atoms with Gasteiger partial charge in [-0.15, -0.1) is 0 Å². The molecule has 0 radical (unpaired) electrons. The van der Waals surface area contributed by atoms with Crippen LogP contribution in [0.15, 0.2) is 0 Å². The Labute approximate surface area is 118 Å². The topological polar surface area (TPSA) is 69.6 Å². The highest BCUT2D eigenvalue weighted by Gasteiger charge is 1.94. The van der Waals surface area contributed by atoms with E-state index in [0.29, 0.717) is 13.0 Å². The average Bonchev–Trinajstić information content (AvgIpc) is 2.39. The van der Waals surface area contributed by atoms with Gasteiger partial charge in [-0.05, 0) is 32.9 Å². The van der Waals surface area contributed by atoms with Crippen LogP contribution in [0, 0.1) is 0 Å². The summed E-state index contributed by atoms with van der Waals surface area (Å²) in [5, 5.41) is 19.7. The largest absolute Gasteiger partial charge is 0.481 e. The fourth-order valence-electron chi connectivity index (χ4n) is 1.65. The first kappa shape index (κ1) is 20.7. The summed E-state index contributed by atoms with van der Waals surface area (Å²) in [7, 11) is 1.90. The van der Waals surface area contributed by atoms with Gasteiger partial charge >= 0.3 is 5.97 Å². The van der Waals surface area contributed by atoms with Crippen molar-refractivity contribution < 1.29 is 15.0 Å². The number of carbonyl (C=O) groups is 1. The van der Waals surface area contributed by atoms with Crippen molar-refractivity contribution in [3.8, 4) is 0 Å². The van der Waals surface area contributed by atoms with Crippen molar-refractivity contribution in [2.24, 2.45) is 0 Å². The fraction of sp³-hybridized carbons (Fsp3) is 0.933. The molecule has 0 heterocycles. The van der Waals surface area contributed by atoms with Gasteiger partial charge in [0.05, 0.1) is 0 Å². The second-order valence-electron chi connectivity index (χ2n) is 4.80. The minimum absolute atomic E-state index is 0.309. The van der Waals surface area contributed by atoms with Crippen LogP contribution in [0.3, 0.4) is 0 Å². The van der Waals surface area contributed by atoms with E-state index < -0.39 is 5.97 Å². The second kappa shape index (κ2) is 19.7. The molecule has 0 aromatic rings. The van der Waals surface area contributed by atoms with Gasteiger partial charge in [-0.1, -0.05) is 45.4 Å². The molecular weight excluding hydrogens is 242 g/mol. The Kier molecular flexibility index (Phi) is 21.5. The fourth-order valence-corrected chi connectivity index (χ4v) is 1.65. The lowest BCUT2D eigenvalue weighted by molar-refractivity contribution is -0.137. The van der Waals surface area contributed by atoms with E-state index in [0.717, 1.165) is 32.2 Å². The van der Waals surface area contributed by atoms with E-state index in [1.807, 2.05) is 7.05 Å². The molecule has 116 valence electrons. The zero-order chi connectivity index (χ0) is 14.8. The van der Waals surface area contributed by atoms with Gasteiger partial charge in [0, 0.05) is 13.0 Å². The standard InChI is InChI=1S/C8H18O.C7H15NO2/c1-2-3-4-5-6-7-8-9;1-8-6-4-2-3-5-7(9)10/h9H,2-8H2,1H3;8H,2-6H2,1H3,(H,9,10). The van der Waals surface area contributed by atoms with Crippen LogP contribution in [0.4, 0.5) is 0 Å². The second-order valence-corrected chi connectivity index (χ2v) is 4.80. The number of rotatable bonds is 12. The van der Waals surface area contributed by atoms with Crippen molar-refractivity contribution in [1.82, 2.24) is 5.32 Å². The Morgan fingerprint density at radius 3 is 2.05 bits per heavy atom. The number of nitrogens with one attached hydrogen (secondary N) is 1. The number of aliphatic carboxylic acids is 1. The Bertz CT molecular complexity index is 169. The van der Waals surface area contributed by atoms with Gasteiger partial charge < -0.3 is 15.5 Å². The van der Waals surface area contributed by atoms with Gasteiger partial charge in [0.2, 0.25) is 0 Å². The van der Waals surface area contributed by atoms with Gasteiger partial charge in [0.15, 0.2) is 0 Å². The molecule has 0 saturated carbocycles. The molecule has 0 atom stereocenters. The quantitative estimate of drug-likeness (QED) is 0.478. The molecule has 0 aromatic heterocycles. The monoisotopic (exact) mass is 275 g/mol. The molecule has 4 heteroatoms. The predicted octanol–water partition coefficient (Wildman–Crippen LogP) is 3.19. The third kappa shape index (κ3) is 26.8. The molecule has 0 rings (SSSR count). The highest BCUT2D eigenvalue weighted by Crippen LogP contribution is 2.03. The minimum Gasteiger partial charge on any atom is -0.481 e. The summed E-state index contributed by atoms with van der Waals surface area (Å²) in [4.78, 5) is 10.0. The maximum Gasteiger partial charge on any atom is 0.303 e. The summed E-state index contributed by atoms with van der Waals surface area (Å²) in [6.45, 7) is 3.57. The number of aliphatic hydroxyl groups excluding tert-OH is 1. The summed E-state index contributed by atoms with van der Waals surface area (Å²) < 4.78 is 0. The molecule has 0 saturated heterocycles. The van der Waals surface area contributed by atoms with Gasteiger partial charge in [-0.3, -0.25) is 4.79 Å². The lowest BCUT2D eigenvalue weighted by atomic mass is 10.1. The number of carboxylic acid groups (broad SMARTS) is 1. The zero-order valence-corrected chi connectivity index (χ0v) is 12.8. The van der Waals surface area contributed by atoms with Crippen molar-refractivity contribution in [2.45, 2.75) is 71.1 Å². The molecule has 0 amide bonds. The Balaban J connectivity index is 0. The summed E-state index contributed by atoms with van der Waals surface area (Å²) in [5.74, 6) is -0.690. The number of hydrogen-bond acceptors (Lipinski definition) is 3. The van der Waals surface area contributed by atoms with E-state index in [4.69, 9.17) is 10.2 Å². The normalized spacial score (nSPS) is 9.84. The van der Waals surface area contributed by atoms with E-state index in [9.17, 15) is 4.79 Å². The van der Waals surface area contributed by atoms with Crippen LogP contribution in [-0.2, 0) is 4.79 Å². The first-order valence-corrected chi connectivity index (χ1v) is 7.66. The molecule has 0 aliphatic heterocycles. The first-order valence-electron chi connectivity index (χ1n) is 7.66. The molecule has 0 spiro atoms. The Morgan fingerprint density at radius 1 is 0.947 bits per heavy atom. The van der Waals surface area contributed by atoms with Crippen molar-refractivity contribution in [3.05, 3.63) is 0 Å². The van der Waals surface area contributed by atoms with Gasteiger partial charge in [-0.2, -0.15) is 0 Å². The van der Waals surface area contributed by atoms with Crippen LogP contribution in [0.1, 0.15) is 71.1 Å². The molecule has 0 aliphatic rings. The third-order valence-electron chi connectivity index (χ3n) is 2.83. The number of hydrogen-bond donors (Lipinski definition) is 3. The molecule has 19 heavy (non-hydrogen) atoms. The van der Waals surface area contributed by atoms with Gasteiger partial charge in [0.25, 0.3) is 0 Å². The van der Waals surface area contributed by atoms with Crippen LogP contribution >= 0.6 is 0 Å². The molecule has 0 unspecified atom stereocenters. The maximum atomic E-state index is 10.0. The van der Waals surface area contributed by atoms with Crippen molar-refractivity contribution in [1.29, 1.82) is 0 Å². The van der Waals surface area contributed by atoms with Crippen molar-refractivity contribution in [2.75, 3.05) is 20.2 Å². The maximum absolute atomic E-state index is 10.0. The minimum atomic E-state index is -0.690. The molecular formula is C15H33NO3. The summed E-state index contributed by atoms with van der Waals surface area (Å²) in [6.07, 6.45) is 10.7. The van der Waals surface area contributed by atoms with E-state index >= 15 is 0 Å². The first-order chi connectivity index (χ1) is 9.18. The predicted molar refractivity (Wildman–Crippen MR) is 80.5 cm³/mol. The lowest BCUT2D eigenvalue weighted by Crippen LogP contribution is -2.07. The number of unbranched alkanes of at least 4 members (excludes halogenated alkanes) is 7. The number of aliphatic hydroxyl groups is 1. The van der Waals surface area contributed by atoms with Gasteiger partial charge in [0.1, 0.15) is 0 Å². The van der Waals surface area contributed by atoms with Crippen molar-refractivity contribution in [3.63, 3.8) is 0 Å². The Hall–Kier alpha value is -0.610. The zero-order valence-electron chi connectivity index (χ0n) is 12.8. The highest BCUT2D eigenvalue weighted by molar-refractivity contribution is 5.66. The Morgan fingerprint density at radius 2 is 1.53 bits per heavy atom. The molecule has 0 fully saturated rings. The van der Waals surface area contributed by atoms with Crippen LogP contribution in [0.5, 0.6) is 0 Å². The van der Waals surface area contributed by atoms with Crippen LogP contribution in [0.25, 0.3) is 0 Å². The average molecular weight is 275 g/mol. The summed E-state index contributed by atoms with van der Waals surface area (Å²) in [6, 6.07) is 0. The SMILES string of the molecule is CCCCCCCCO.CNCCCCCC(=O)O. The van der Waals surface area contributed by atoms with Crippen molar-refractivity contribution >= 4 is 5.97 Å².